The largest absolute Gasteiger partial charge is 0.365 e. The van der Waals surface area contributed by atoms with Crippen molar-refractivity contribution < 1.29 is 9.31 Å². The maximum atomic E-state index is 13.3. The van der Waals surface area contributed by atoms with Crippen LogP contribution in [0.2, 0.25) is 5.02 Å². The van der Waals surface area contributed by atoms with Crippen molar-refractivity contribution in [2.75, 3.05) is 24.5 Å². The molecule has 0 aliphatic heterocycles. The molecule has 0 saturated heterocycles. The van der Waals surface area contributed by atoms with Crippen molar-refractivity contribution in [3.05, 3.63) is 33.1 Å². The summed E-state index contributed by atoms with van der Waals surface area (Å²) in [5.41, 5.74) is 5.39. The van der Waals surface area contributed by atoms with Gasteiger partial charge in [0, 0.05) is 31.8 Å². The molecule has 1 rings (SSSR count). The molecule has 7 heteroatoms. The zero-order chi connectivity index (χ0) is 13.0. The summed E-state index contributed by atoms with van der Waals surface area (Å²) in [6, 6.07) is 2.09. The van der Waals surface area contributed by atoms with Gasteiger partial charge in [0.2, 0.25) is 0 Å². The molecule has 0 aromatic heterocycles. The maximum absolute atomic E-state index is 13.3. The number of nitrogens with two attached hydrogens (primary N) is 1. The standard InChI is InChI=1S/C10H13ClFN3O2/c1-2-14(4-3-13)9-6-8(12)7(11)5-10(9)15(16)17/h5-6H,2-4,13H2,1H3. The zero-order valence-electron chi connectivity index (χ0n) is 9.32. The fourth-order valence-corrected chi connectivity index (χ4v) is 1.69. The van der Waals surface area contributed by atoms with Crippen LogP contribution in [0, 0.1) is 15.9 Å². The van der Waals surface area contributed by atoms with Crippen molar-refractivity contribution in [3.8, 4) is 0 Å². The number of likely N-dealkylation sites (N-methyl/N-ethyl adjacent to an activating group) is 1. The first-order chi connectivity index (χ1) is 8.01. The minimum absolute atomic E-state index is 0.199. The van der Waals surface area contributed by atoms with Gasteiger partial charge >= 0.3 is 0 Å². The highest BCUT2D eigenvalue weighted by molar-refractivity contribution is 6.31. The Labute approximate surface area is 103 Å². The highest BCUT2D eigenvalue weighted by Gasteiger charge is 2.21. The number of halogens is 2. The number of benzene rings is 1. The van der Waals surface area contributed by atoms with Gasteiger partial charge < -0.3 is 10.6 Å². The molecular formula is C10H13ClFN3O2. The molecule has 0 bridgehead atoms. The van der Waals surface area contributed by atoms with Gasteiger partial charge in [-0.2, -0.15) is 0 Å². The highest BCUT2D eigenvalue weighted by Crippen LogP contribution is 2.32. The fraction of sp³-hybridized carbons (Fsp3) is 0.400. The molecule has 0 aliphatic carbocycles. The predicted octanol–water partition coefficient (Wildman–Crippen LogP) is 2.17. The average molecular weight is 262 g/mol. The molecule has 0 radical (unpaired) electrons. The second-order valence-electron chi connectivity index (χ2n) is 3.38. The van der Waals surface area contributed by atoms with Crippen molar-refractivity contribution in [2.24, 2.45) is 5.73 Å². The van der Waals surface area contributed by atoms with Gasteiger partial charge in [-0.25, -0.2) is 4.39 Å². The lowest BCUT2D eigenvalue weighted by Crippen LogP contribution is -2.29. The van der Waals surface area contributed by atoms with Crippen LogP contribution in [-0.2, 0) is 0 Å². The number of nitro groups is 1. The van der Waals surface area contributed by atoms with E-state index in [0.29, 0.717) is 19.6 Å². The van der Waals surface area contributed by atoms with Crippen LogP contribution in [0.5, 0.6) is 0 Å². The fourth-order valence-electron chi connectivity index (χ4n) is 1.53. The van der Waals surface area contributed by atoms with Crippen LogP contribution < -0.4 is 10.6 Å². The Morgan fingerprint density at radius 1 is 1.59 bits per heavy atom. The molecule has 0 heterocycles. The van der Waals surface area contributed by atoms with Crippen molar-refractivity contribution in [3.63, 3.8) is 0 Å². The summed E-state index contributed by atoms with van der Waals surface area (Å²) in [6.07, 6.45) is 0. The SMILES string of the molecule is CCN(CCN)c1cc(F)c(Cl)cc1[N+](=O)[O-]. The molecule has 0 fully saturated rings. The first kappa shape index (κ1) is 13.7. The van der Waals surface area contributed by atoms with Crippen molar-refractivity contribution >= 4 is 23.0 Å². The summed E-state index contributed by atoms with van der Waals surface area (Å²) >= 11 is 5.53. The summed E-state index contributed by atoms with van der Waals surface area (Å²) in [6.45, 7) is 3.05. The van der Waals surface area contributed by atoms with E-state index in [2.05, 4.69) is 0 Å². The summed E-state index contributed by atoms with van der Waals surface area (Å²) in [7, 11) is 0. The van der Waals surface area contributed by atoms with E-state index in [9.17, 15) is 14.5 Å². The molecule has 0 amide bonds. The molecule has 1 aromatic carbocycles. The average Bonchev–Trinajstić information content (AvgIpc) is 2.29. The van der Waals surface area contributed by atoms with Crippen molar-refractivity contribution in [1.29, 1.82) is 0 Å². The lowest BCUT2D eigenvalue weighted by Gasteiger charge is -2.22. The minimum Gasteiger partial charge on any atom is -0.365 e. The van der Waals surface area contributed by atoms with E-state index in [1.807, 2.05) is 6.92 Å². The van der Waals surface area contributed by atoms with Gasteiger partial charge in [0.25, 0.3) is 5.69 Å². The van der Waals surface area contributed by atoms with Gasteiger partial charge in [-0.15, -0.1) is 0 Å². The Morgan fingerprint density at radius 3 is 2.71 bits per heavy atom. The van der Waals surface area contributed by atoms with E-state index in [1.165, 1.54) is 0 Å². The summed E-state index contributed by atoms with van der Waals surface area (Å²) in [5.74, 6) is -0.678. The van der Waals surface area contributed by atoms with Crippen molar-refractivity contribution in [2.45, 2.75) is 6.92 Å². The Balaban J connectivity index is 3.28. The van der Waals surface area contributed by atoms with E-state index in [4.69, 9.17) is 17.3 Å². The van der Waals surface area contributed by atoms with Crippen LogP contribution >= 0.6 is 11.6 Å². The third-order valence-electron chi connectivity index (χ3n) is 2.34. The lowest BCUT2D eigenvalue weighted by molar-refractivity contribution is -0.384. The van der Waals surface area contributed by atoms with Gasteiger partial charge in [0.05, 0.1) is 9.95 Å². The molecule has 2 N–H and O–H groups in total. The number of nitro benzene ring substituents is 1. The topological polar surface area (TPSA) is 72.4 Å². The zero-order valence-corrected chi connectivity index (χ0v) is 10.1. The molecule has 17 heavy (non-hydrogen) atoms. The molecule has 0 saturated carbocycles. The number of hydrogen-bond acceptors (Lipinski definition) is 4. The molecular weight excluding hydrogens is 249 g/mol. The third-order valence-corrected chi connectivity index (χ3v) is 2.63. The molecule has 5 nitrogen and oxygen atoms in total. The van der Waals surface area contributed by atoms with Gasteiger partial charge in [-0.1, -0.05) is 11.6 Å². The van der Waals surface area contributed by atoms with Gasteiger partial charge in [0.15, 0.2) is 0 Å². The molecule has 94 valence electrons. The number of nitrogens with zero attached hydrogens (tertiary/aromatic N) is 2. The minimum atomic E-state index is -0.678. The summed E-state index contributed by atoms with van der Waals surface area (Å²) in [5, 5.41) is 10.6. The van der Waals surface area contributed by atoms with Gasteiger partial charge in [0.1, 0.15) is 11.5 Å². The van der Waals surface area contributed by atoms with E-state index in [-0.39, 0.29) is 16.4 Å². The van der Waals surface area contributed by atoms with Gasteiger partial charge in [-0.05, 0) is 6.92 Å². The highest BCUT2D eigenvalue weighted by atomic mass is 35.5. The second-order valence-corrected chi connectivity index (χ2v) is 3.79. The number of anilines is 1. The molecule has 0 aliphatic rings. The Bertz CT molecular complexity index is 428. The first-order valence-corrected chi connectivity index (χ1v) is 5.47. The second kappa shape index (κ2) is 5.79. The Morgan fingerprint density at radius 2 is 2.24 bits per heavy atom. The molecule has 0 atom stereocenters. The normalized spacial score (nSPS) is 10.4. The predicted molar refractivity (Wildman–Crippen MR) is 65.0 cm³/mol. The van der Waals surface area contributed by atoms with Crippen molar-refractivity contribution in [1.82, 2.24) is 0 Å². The Hall–Kier alpha value is -1.40. The van der Waals surface area contributed by atoms with E-state index < -0.39 is 10.7 Å². The first-order valence-electron chi connectivity index (χ1n) is 5.09. The van der Waals surface area contributed by atoms with Crippen LogP contribution in [-0.4, -0.2) is 24.6 Å². The summed E-state index contributed by atoms with van der Waals surface area (Å²) < 4.78 is 13.3. The van der Waals surface area contributed by atoms with E-state index in [1.54, 1.807) is 4.90 Å². The van der Waals surface area contributed by atoms with E-state index in [0.717, 1.165) is 12.1 Å². The lowest BCUT2D eigenvalue weighted by atomic mass is 10.2. The van der Waals surface area contributed by atoms with Gasteiger partial charge in [-0.3, -0.25) is 10.1 Å². The molecule has 0 spiro atoms. The molecule has 0 unspecified atom stereocenters. The maximum Gasteiger partial charge on any atom is 0.294 e. The van der Waals surface area contributed by atoms with E-state index >= 15 is 0 Å². The number of hydrogen-bond donors (Lipinski definition) is 1. The third kappa shape index (κ3) is 3.04. The molecule has 1 aromatic rings. The van der Waals surface area contributed by atoms with Crippen LogP contribution in [0.3, 0.4) is 0 Å². The van der Waals surface area contributed by atoms with Crippen LogP contribution in [0.4, 0.5) is 15.8 Å². The monoisotopic (exact) mass is 261 g/mol. The van der Waals surface area contributed by atoms with Crippen LogP contribution in [0.15, 0.2) is 12.1 Å². The number of rotatable bonds is 5. The summed E-state index contributed by atoms with van der Waals surface area (Å²) in [4.78, 5) is 11.9. The van der Waals surface area contributed by atoms with Crippen LogP contribution in [0.25, 0.3) is 0 Å². The Kier molecular flexibility index (Phi) is 4.65. The quantitative estimate of drug-likeness (QED) is 0.651. The van der Waals surface area contributed by atoms with Crippen LogP contribution in [0.1, 0.15) is 6.92 Å². The smallest absolute Gasteiger partial charge is 0.294 e.